The standard InChI is InChI=1S/C12H14N4O/c17-12(14-8-5-6-13-7-8)11-9-3-1-2-4-10(9)15-16-11/h1-4,8,13H,5-7H2,(H,14,17)(H,15,16)/t8-/m1/s1. The second kappa shape index (κ2) is 4.18. The molecule has 88 valence electrons. The molecule has 5 heteroatoms. The lowest BCUT2D eigenvalue weighted by Crippen LogP contribution is -2.36. The van der Waals surface area contributed by atoms with Crippen molar-refractivity contribution in [2.24, 2.45) is 0 Å². The van der Waals surface area contributed by atoms with Crippen LogP contribution in [0.2, 0.25) is 0 Å². The fourth-order valence-electron chi connectivity index (χ4n) is 2.17. The molecule has 1 aromatic heterocycles. The van der Waals surface area contributed by atoms with Gasteiger partial charge in [0, 0.05) is 18.0 Å². The number of hydrogen-bond donors (Lipinski definition) is 3. The van der Waals surface area contributed by atoms with E-state index in [-0.39, 0.29) is 11.9 Å². The van der Waals surface area contributed by atoms with Crippen molar-refractivity contribution in [3.05, 3.63) is 30.0 Å². The number of amides is 1. The van der Waals surface area contributed by atoms with Crippen LogP contribution in [-0.2, 0) is 0 Å². The molecule has 0 radical (unpaired) electrons. The van der Waals surface area contributed by atoms with Crippen molar-refractivity contribution in [2.75, 3.05) is 13.1 Å². The van der Waals surface area contributed by atoms with Gasteiger partial charge in [0.1, 0.15) is 0 Å². The molecule has 2 heterocycles. The summed E-state index contributed by atoms with van der Waals surface area (Å²) in [5.74, 6) is -0.101. The zero-order valence-electron chi connectivity index (χ0n) is 9.36. The summed E-state index contributed by atoms with van der Waals surface area (Å²) in [6, 6.07) is 7.86. The zero-order valence-corrected chi connectivity index (χ0v) is 9.36. The van der Waals surface area contributed by atoms with Gasteiger partial charge in [-0.25, -0.2) is 0 Å². The van der Waals surface area contributed by atoms with Gasteiger partial charge in [-0.3, -0.25) is 9.89 Å². The molecule has 5 nitrogen and oxygen atoms in total. The molecule has 3 rings (SSSR count). The van der Waals surface area contributed by atoms with Gasteiger partial charge in [-0.2, -0.15) is 5.10 Å². The van der Waals surface area contributed by atoms with E-state index < -0.39 is 0 Å². The van der Waals surface area contributed by atoms with Crippen LogP contribution in [0.1, 0.15) is 16.9 Å². The third-order valence-corrected chi connectivity index (χ3v) is 3.08. The van der Waals surface area contributed by atoms with E-state index in [0.717, 1.165) is 30.4 Å². The second-order valence-electron chi connectivity index (χ2n) is 4.28. The first-order chi connectivity index (χ1) is 8.34. The van der Waals surface area contributed by atoms with E-state index in [0.29, 0.717) is 5.69 Å². The minimum atomic E-state index is -0.101. The molecule has 17 heavy (non-hydrogen) atoms. The number of rotatable bonds is 2. The number of nitrogens with zero attached hydrogens (tertiary/aromatic N) is 1. The first-order valence-electron chi connectivity index (χ1n) is 5.79. The molecule has 3 N–H and O–H groups in total. The third kappa shape index (κ3) is 1.89. The SMILES string of the molecule is O=C(N[C@@H]1CCNC1)c1n[nH]c2ccccc12. The number of aromatic nitrogens is 2. The molecule has 1 aliphatic heterocycles. The van der Waals surface area contributed by atoms with Crippen LogP contribution in [0.25, 0.3) is 10.9 Å². The molecule has 1 amide bonds. The maximum absolute atomic E-state index is 12.1. The normalized spacial score (nSPS) is 19.6. The molecule has 1 aliphatic rings. The number of para-hydroxylation sites is 1. The number of carbonyl (C=O) groups is 1. The highest BCUT2D eigenvalue weighted by atomic mass is 16.2. The van der Waals surface area contributed by atoms with Gasteiger partial charge in [0.2, 0.25) is 0 Å². The fraction of sp³-hybridized carbons (Fsp3) is 0.333. The lowest BCUT2D eigenvalue weighted by atomic mass is 10.2. The Bertz CT molecular complexity index is 542. The minimum absolute atomic E-state index is 0.101. The number of H-pyrrole nitrogens is 1. The first kappa shape index (κ1) is 10.3. The van der Waals surface area contributed by atoms with Gasteiger partial charge in [0.05, 0.1) is 5.52 Å². The van der Waals surface area contributed by atoms with Crippen molar-refractivity contribution in [1.82, 2.24) is 20.8 Å². The van der Waals surface area contributed by atoms with Crippen LogP contribution in [0.5, 0.6) is 0 Å². The summed E-state index contributed by atoms with van der Waals surface area (Å²) in [6.07, 6.45) is 0.980. The molecular formula is C12H14N4O. The Labute approximate surface area is 98.6 Å². The highest BCUT2D eigenvalue weighted by Crippen LogP contribution is 2.15. The molecule has 0 unspecified atom stereocenters. The van der Waals surface area contributed by atoms with E-state index in [4.69, 9.17) is 0 Å². The number of hydrogen-bond acceptors (Lipinski definition) is 3. The average molecular weight is 230 g/mol. The maximum atomic E-state index is 12.1. The Balaban J connectivity index is 1.85. The van der Waals surface area contributed by atoms with Gasteiger partial charge in [-0.15, -0.1) is 0 Å². The van der Waals surface area contributed by atoms with Crippen LogP contribution < -0.4 is 10.6 Å². The van der Waals surface area contributed by atoms with Crippen LogP contribution >= 0.6 is 0 Å². The van der Waals surface area contributed by atoms with E-state index in [9.17, 15) is 4.79 Å². The number of nitrogens with one attached hydrogen (secondary N) is 3. The van der Waals surface area contributed by atoms with Gasteiger partial charge in [-0.1, -0.05) is 18.2 Å². The Morgan fingerprint density at radius 2 is 2.29 bits per heavy atom. The summed E-state index contributed by atoms with van der Waals surface area (Å²) in [4.78, 5) is 12.1. The van der Waals surface area contributed by atoms with Crippen molar-refractivity contribution in [2.45, 2.75) is 12.5 Å². The Kier molecular flexibility index (Phi) is 2.53. The Hall–Kier alpha value is -1.88. The van der Waals surface area contributed by atoms with E-state index in [1.165, 1.54) is 0 Å². The van der Waals surface area contributed by atoms with Crippen LogP contribution in [0.4, 0.5) is 0 Å². The molecule has 1 atom stereocenters. The van der Waals surface area contributed by atoms with Crippen molar-refractivity contribution >= 4 is 16.8 Å². The second-order valence-corrected chi connectivity index (χ2v) is 4.28. The number of carbonyl (C=O) groups excluding carboxylic acids is 1. The molecule has 0 bridgehead atoms. The summed E-state index contributed by atoms with van der Waals surface area (Å²) in [6.45, 7) is 1.81. The van der Waals surface area contributed by atoms with E-state index in [2.05, 4.69) is 20.8 Å². The van der Waals surface area contributed by atoms with Crippen LogP contribution in [0, 0.1) is 0 Å². The lowest BCUT2D eigenvalue weighted by Gasteiger charge is -2.09. The third-order valence-electron chi connectivity index (χ3n) is 3.08. The highest BCUT2D eigenvalue weighted by Gasteiger charge is 2.20. The van der Waals surface area contributed by atoms with Gasteiger partial charge < -0.3 is 10.6 Å². The van der Waals surface area contributed by atoms with Crippen LogP contribution in [-0.4, -0.2) is 35.2 Å². The van der Waals surface area contributed by atoms with Gasteiger partial charge >= 0.3 is 0 Å². The highest BCUT2D eigenvalue weighted by molar-refractivity contribution is 6.04. The summed E-state index contributed by atoms with van der Waals surface area (Å²) in [7, 11) is 0. The number of aromatic amines is 1. The van der Waals surface area contributed by atoms with Crippen molar-refractivity contribution in [1.29, 1.82) is 0 Å². The maximum Gasteiger partial charge on any atom is 0.272 e. The molecular weight excluding hydrogens is 216 g/mol. The zero-order chi connectivity index (χ0) is 11.7. The smallest absolute Gasteiger partial charge is 0.272 e. The average Bonchev–Trinajstić information content (AvgIpc) is 2.96. The van der Waals surface area contributed by atoms with Crippen LogP contribution in [0.3, 0.4) is 0 Å². The summed E-state index contributed by atoms with van der Waals surface area (Å²) in [5.41, 5.74) is 1.37. The summed E-state index contributed by atoms with van der Waals surface area (Å²) in [5, 5.41) is 14.0. The quantitative estimate of drug-likeness (QED) is 0.709. The van der Waals surface area contributed by atoms with E-state index in [1.807, 2.05) is 24.3 Å². The molecule has 1 aromatic carbocycles. The van der Waals surface area contributed by atoms with E-state index >= 15 is 0 Å². The number of benzene rings is 1. The van der Waals surface area contributed by atoms with Crippen molar-refractivity contribution in [3.8, 4) is 0 Å². The predicted molar refractivity (Wildman–Crippen MR) is 64.8 cm³/mol. The lowest BCUT2D eigenvalue weighted by molar-refractivity contribution is 0.0936. The largest absolute Gasteiger partial charge is 0.347 e. The van der Waals surface area contributed by atoms with E-state index in [1.54, 1.807) is 0 Å². The molecule has 0 saturated carbocycles. The summed E-state index contributed by atoms with van der Waals surface area (Å²) >= 11 is 0. The molecule has 0 aliphatic carbocycles. The molecule has 2 aromatic rings. The minimum Gasteiger partial charge on any atom is -0.347 e. The predicted octanol–water partition coefficient (Wildman–Crippen LogP) is 0.655. The molecule has 1 saturated heterocycles. The topological polar surface area (TPSA) is 69.8 Å². The van der Waals surface area contributed by atoms with Crippen molar-refractivity contribution < 1.29 is 4.79 Å². The number of fused-ring (bicyclic) bond motifs is 1. The van der Waals surface area contributed by atoms with Crippen LogP contribution in [0.15, 0.2) is 24.3 Å². The summed E-state index contributed by atoms with van der Waals surface area (Å²) < 4.78 is 0. The van der Waals surface area contributed by atoms with Gasteiger partial charge in [-0.05, 0) is 19.0 Å². The van der Waals surface area contributed by atoms with Gasteiger partial charge in [0.15, 0.2) is 5.69 Å². The van der Waals surface area contributed by atoms with Crippen molar-refractivity contribution in [3.63, 3.8) is 0 Å². The Morgan fingerprint density at radius 3 is 3.12 bits per heavy atom. The monoisotopic (exact) mass is 230 g/mol. The first-order valence-corrected chi connectivity index (χ1v) is 5.79. The molecule has 0 spiro atoms. The fourth-order valence-corrected chi connectivity index (χ4v) is 2.17. The Morgan fingerprint density at radius 1 is 1.41 bits per heavy atom. The molecule has 1 fully saturated rings. The van der Waals surface area contributed by atoms with Gasteiger partial charge in [0.25, 0.3) is 5.91 Å².